The van der Waals surface area contributed by atoms with E-state index in [1.165, 1.54) is 0 Å². The molecule has 0 spiro atoms. The average Bonchev–Trinajstić information content (AvgIpc) is 2.40. The third-order valence-electron chi connectivity index (χ3n) is 2.60. The number of hydrogen-bond donors (Lipinski definition) is 2. The number of rotatable bonds is 5. The van der Waals surface area contributed by atoms with Crippen molar-refractivity contribution in [3.63, 3.8) is 0 Å². The molecule has 0 heterocycles. The van der Waals surface area contributed by atoms with Gasteiger partial charge < -0.3 is 16.0 Å². The maximum Gasteiger partial charge on any atom is 0.246 e. The van der Waals surface area contributed by atoms with Crippen LogP contribution in [0.2, 0.25) is 0 Å². The number of aliphatic imine (C=N–C) groups is 1. The summed E-state index contributed by atoms with van der Waals surface area (Å²) in [6.45, 7) is 5.60. The Hall–Kier alpha value is -1.31. The number of halogens is 1. The zero-order valence-electron chi connectivity index (χ0n) is 11.2. The van der Waals surface area contributed by atoms with Gasteiger partial charge in [-0.05, 0) is 60.7 Å². The summed E-state index contributed by atoms with van der Waals surface area (Å²) in [5.41, 5.74) is 6.56. The first kappa shape index (κ1) is 15.7. The van der Waals surface area contributed by atoms with E-state index in [0.717, 1.165) is 22.3 Å². The molecular formula is C13H19IN4O. The number of carbonyl (C=O) groups excluding carboxylic acids is 1. The van der Waals surface area contributed by atoms with Gasteiger partial charge in [0.15, 0.2) is 5.96 Å². The van der Waals surface area contributed by atoms with E-state index in [-0.39, 0.29) is 12.5 Å². The molecule has 104 valence electrons. The summed E-state index contributed by atoms with van der Waals surface area (Å²) in [7, 11) is 0. The molecule has 0 bridgehead atoms. The Morgan fingerprint density at radius 1 is 1.32 bits per heavy atom. The average molecular weight is 374 g/mol. The van der Waals surface area contributed by atoms with Crippen molar-refractivity contribution < 1.29 is 4.79 Å². The molecule has 0 aliphatic carbocycles. The zero-order chi connectivity index (χ0) is 14.3. The lowest BCUT2D eigenvalue weighted by Gasteiger charge is -2.19. The van der Waals surface area contributed by atoms with E-state index in [4.69, 9.17) is 5.73 Å². The second-order valence-electron chi connectivity index (χ2n) is 3.90. The van der Waals surface area contributed by atoms with Gasteiger partial charge in [0, 0.05) is 22.3 Å². The molecule has 1 rings (SSSR count). The third kappa shape index (κ3) is 5.46. The molecular weight excluding hydrogens is 355 g/mol. The van der Waals surface area contributed by atoms with E-state index in [1.807, 2.05) is 43.0 Å². The summed E-state index contributed by atoms with van der Waals surface area (Å²) in [6, 6.07) is 7.58. The lowest BCUT2D eigenvalue weighted by atomic mass is 10.3. The first-order chi connectivity index (χ1) is 9.06. The molecule has 0 unspecified atom stereocenters. The molecule has 0 radical (unpaired) electrons. The van der Waals surface area contributed by atoms with E-state index in [0.29, 0.717) is 5.96 Å². The van der Waals surface area contributed by atoms with Crippen LogP contribution in [-0.4, -0.2) is 36.4 Å². The van der Waals surface area contributed by atoms with Gasteiger partial charge in [-0.15, -0.1) is 0 Å². The van der Waals surface area contributed by atoms with Crippen LogP contribution >= 0.6 is 22.6 Å². The van der Waals surface area contributed by atoms with Gasteiger partial charge in [0.05, 0.1) is 0 Å². The smallest absolute Gasteiger partial charge is 0.246 e. The number of carbonyl (C=O) groups is 1. The van der Waals surface area contributed by atoms with E-state index < -0.39 is 0 Å². The highest BCUT2D eigenvalue weighted by Gasteiger charge is 2.05. The second kappa shape index (κ2) is 7.98. The fraction of sp³-hybridized carbons (Fsp3) is 0.385. The van der Waals surface area contributed by atoms with Crippen LogP contribution in [0.5, 0.6) is 0 Å². The molecule has 0 fully saturated rings. The summed E-state index contributed by atoms with van der Waals surface area (Å²) in [6.07, 6.45) is 0. The Bertz CT molecular complexity index is 440. The molecule has 0 saturated heterocycles. The second-order valence-corrected chi connectivity index (χ2v) is 5.15. The molecule has 0 atom stereocenters. The van der Waals surface area contributed by atoms with Crippen molar-refractivity contribution in [2.24, 2.45) is 10.7 Å². The number of nitrogens with zero attached hydrogens (tertiary/aromatic N) is 2. The number of nitrogens with one attached hydrogen (secondary N) is 1. The lowest BCUT2D eigenvalue weighted by Crippen LogP contribution is -2.37. The first-order valence-electron chi connectivity index (χ1n) is 6.17. The number of guanidine groups is 1. The number of benzene rings is 1. The highest BCUT2D eigenvalue weighted by atomic mass is 127. The summed E-state index contributed by atoms with van der Waals surface area (Å²) in [4.78, 5) is 17.7. The van der Waals surface area contributed by atoms with Crippen molar-refractivity contribution >= 4 is 40.1 Å². The van der Waals surface area contributed by atoms with Crippen LogP contribution in [0.4, 0.5) is 5.69 Å². The van der Waals surface area contributed by atoms with Gasteiger partial charge in [0.25, 0.3) is 0 Å². The molecule has 0 aliphatic rings. The van der Waals surface area contributed by atoms with Crippen molar-refractivity contribution in [1.82, 2.24) is 4.90 Å². The molecule has 1 amide bonds. The van der Waals surface area contributed by atoms with Crippen LogP contribution in [-0.2, 0) is 4.79 Å². The number of hydrogen-bond acceptors (Lipinski definition) is 2. The predicted octanol–water partition coefficient (Wildman–Crippen LogP) is 1.89. The monoisotopic (exact) mass is 374 g/mol. The van der Waals surface area contributed by atoms with E-state index in [1.54, 1.807) is 0 Å². The SMILES string of the molecule is CCN(CC)C(N)=NCC(=O)Nc1ccc(I)cc1. The Labute approximate surface area is 127 Å². The van der Waals surface area contributed by atoms with Crippen LogP contribution in [0.3, 0.4) is 0 Å². The third-order valence-corrected chi connectivity index (χ3v) is 3.32. The minimum atomic E-state index is -0.170. The molecule has 0 saturated carbocycles. The number of amides is 1. The summed E-state index contributed by atoms with van der Waals surface area (Å²) < 4.78 is 1.12. The quantitative estimate of drug-likeness (QED) is 0.470. The predicted molar refractivity (Wildman–Crippen MR) is 87.2 cm³/mol. The van der Waals surface area contributed by atoms with Gasteiger partial charge in [0.2, 0.25) is 5.91 Å². The van der Waals surface area contributed by atoms with Crippen molar-refractivity contribution in [1.29, 1.82) is 0 Å². The number of nitrogens with two attached hydrogens (primary N) is 1. The van der Waals surface area contributed by atoms with Gasteiger partial charge in [-0.25, -0.2) is 4.99 Å². The molecule has 6 heteroatoms. The van der Waals surface area contributed by atoms with Crippen LogP contribution in [0.15, 0.2) is 29.3 Å². The lowest BCUT2D eigenvalue weighted by molar-refractivity contribution is -0.114. The fourth-order valence-electron chi connectivity index (χ4n) is 1.53. The van der Waals surface area contributed by atoms with Gasteiger partial charge in [-0.1, -0.05) is 0 Å². The van der Waals surface area contributed by atoms with Crippen molar-refractivity contribution in [2.75, 3.05) is 25.0 Å². The van der Waals surface area contributed by atoms with Crippen molar-refractivity contribution in [3.05, 3.63) is 27.8 Å². The minimum Gasteiger partial charge on any atom is -0.370 e. The van der Waals surface area contributed by atoms with Crippen LogP contribution in [0.25, 0.3) is 0 Å². The summed E-state index contributed by atoms with van der Waals surface area (Å²) in [5, 5.41) is 2.78. The van der Waals surface area contributed by atoms with Gasteiger partial charge in [-0.2, -0.15) is 0 Å². The Morgan fingerprint density at radius 3 is 2.42 bits per heavy atom. The minimum absolute atomic E-state index is 0.0360. The normalized spacial score (nSPS) is 11.2. The van der Waals surface area contributed by atoms with E-state index >= 15 is 0 Å². The highest BCUT2D eigenvalue weighted by Crippen LogP contribution is 2.10. The molecule has 5 nitrogen and oxygen atoms in total. The highest BCUT2D eigenvalue weighted by molar-refractivity contribution is 14.1. The van der Waals surface area contributed by atoms with Crippen LogP contribution in [0.1, 0.15) is 13.8 Å². The van der Waals surface area contributed by atoms with E-state index in [2.05, 4.69) is 32.9 Å². The van der Waals surface area contributed by atoms with Crippen molar-refractivity contribution in [2.45, 2.75) is 13.8 Å². The molecule has 19 heavy (non-hydrogen) atoms. The van der Waals surface area contributed by atoms with Crippen molar-refractivity contribution in [3.8, 4) is 0 Å². The molecule has 3 N–H and O–H groups in total. The maximum atomic E-state index is 11.7. The van der Waals surface area contributed by atoms with Gasteiger partial charge >= 0.3 is 0 Å². The summed E-state index contributed by atoms with van der Waals surface area (Å²) in [5.74, 6) is 0.235. The van der Waals surface area contributed by atoms with E-state index in [9.17, 15) is 4.79 Å². The number of anilines is 1. The largest absolute Gasteiger partial charge is 0.370 e. The van der Waals surface area contributed by atoms with Gasteiger partial charge in [0.1, 0.15) is 6.54 Å². The Morgan fingerprint density at radius 2 is 1.89 bits per heavy atom. The standard InChI is InChI=1S/C13H19IN4O/c1-3-18(4-2)13(15)16-9-12(19)17-11-7-5-10(14)6-8-11/h5-8H,3-4,9H2,1-2H3,(H2,15,16)(H,17,19). The molecule has 1 aromatic rings. The Kier molecular flexibility index (Phi) is 6.61. The molecule has 1 aromatic carbocycles. The Balaban J connectivity index is 2.51. The fourth-order valence-corrected chi connectivity index (χ4v) is 1.89. The molecule has 0 aliphatic heterocycles. The zero-order valence-corrected chi connectivity index (χ0v) is 13.3. The topological polar surface area (TPSA) is 70.7 Å². The molecule has 0 aromatic heterocycles. The summed E-state index contributed by atoms with van der Waals surface area (Å²) >= 11 is 2.21. The van der Waals surface area contributed by atoms with Gasteiger partial charge in [-0.3, -0.25) is 4.79 Å². The maximum absolute atomic E-state index is 11.7. The van der Waals surface area contributed by atoms with Crippen LogP contribution in [0, 0.1) is 3.57 Å². The first-order valence-corrected chi connectivity index (χ1v) is 7.25. The van der Waals surface area contributed by atoms with Crippen LogP contribution < -0.4 is 11.1 Å².